The molecule has 154 valence electrons. The lowest BCUT2D eigenvalue weighted by molar-refractivity contribution is 0.355. The van der Waals surface area contributed by atoms with Gasteiger partial charge < -0.3 is 19.4 Å². The van der Waals surface area contributed by atoms with Crippen LogP contribution in [-0.4, -0.2) is 33.3 Å². The Labute approximate surface area is 173 Å². The van der Waals surface area contributed by atoms with Crippen LogP contribution >= 0.6 is 0 Å². The maximum Gasteiger partial charge on any atom is 0.351 e. The first-order valence-electron chi connectivity index (χ1n) is 9.47. The fourth-order valence-electron chi connectivity index (χ4n) is 3.40. The van der Waals surface area contributed by atoms with E-state index in [-0.39, 0.29) is 5.69 Å². The Morgan fingerprint density at radius 3 is 2.47 bits per heavy atom. The molecule has 2 aromatic heterocycles. The van der Waals surface area contributed by atoms with Crippen LogP contribution < -0.4 is 20.5 Å². The molecule has 0 unspecified atom stereocenters. The fraction of sp³-hybridized carbons (Fsp3) is 0.227. The van der Waals surface area contributed by atoms with E-state index in [1.807, 2.05) is 54.0 Å². The highest BCUT2D eigenvalue weighted by molar-refractivity contribution is 5.86. The van der Waals surface area contributed by atoms with Crippen molar-refractivity contribution in [1.82, 2.24) is 19.1 Å². The number of benzene rings is 2. The van der Waals surface area contributed by atoms with Crippen molar-refractivity contribution in [3.63, 3.8) is 0 Å². The molecule has 2 heterocycles. The third kappa shape index (κ3) is 3.47. The third-order valence-corrected chi connectivity index (χ3v) is 5.03. The van der Waals surface area contributed by atoms with Gasteiger partial charge in [-0.05, 0) is 24.1 Å². The first-order chi connectivity index (χ1) is 14.5. The molecule has 0 saturated heterocycles. The van der Waals surface area contributed by atoms with Crippen molar-refractivity contribution in [3.8, 4) is 11.5 Å². The van der Waals surface area contributed by atoms with Gasteiger partial charge in [0, 0.05) is 25.3 Å². The van der Waals surface area contributed by atoms with Gasteiger partial charge in [0.2, 0.25) is 0 Å². The number of fused-ring (bicyclic) bond motifs is 1. The van der Waals surface area contributed by atoms with Gasteiger partial charge >= 0.3 is 5.69 Å². The summed E-state index contributed by atoms with van der Waals surface area (Å²) in [4.78, 5) is 21.2. The number of hydrogen-bond acceptors (Lipinski definition) is 6. The molecule has 4 rings (SSSR count). The van der Waals surface area contributed by atoms with E-state index < -0.39 is 0 Å². The standard InChI is InChI=1S/C22H23N5O3/c1-14-10-17(29-3)18(30-4)11-16(14)24-20-19-21(26(2)22(28)25-20)23-13-27(19)12-15-8-6-5-7-9-15/h5-11,13H,12H2,1-4H3,(H,24,25,28). The van der Waals surface area contributed by atoms with E-state index in [1.54, 1.807) is 27.6 Å². The molecule has 0 aliphatic rings. The van der Waals surface area contributed by atoms with Crippen LogP contribution in [0.3, 0.4) is 0 Å². The van der Waals surface area contributed by atoms with Crippen molar-refractivity contribution in [2.45, 2.75) is 13.5 Å². The molecule has 0 aliphatic heterocycles. The van der Waals surface area contributed by atoms with E-state index in [9.17, 15) is 4.79 Å². The van der Waals surface area contributed by atoms with E-state index in [0.29, 0.717) is 29.5 Å². The average molecular weight is 405 g/mol. The molecule has 0 saturated carbocycles. The number of methoxy groups -OCH3 is 2. The smallest absolute Gasteiger partial charge is 0.351 e. The third-order valence-electron chi connectivity index (χ3n) is 5.03. The number of imidazole rings is 1. The number of ether oxygens (including phenoxy) is 2. The minimum atomic E-state index is -0.381. The van der Waals surface area contributed by atoms with Crippen LogP contribution in [0.2, 0.25) is 0 Å². The quantitative estimate of drug-likeness (QED) is 0.530. The van der Waals surface area contributed by atoms with Gasteiger partial charge in [-0.3, -0.25) is 4.57 Å². The summed E-state index contributed by atoms with van der Waals surface area (Å²) in [6.07, 6.45) is 1.73. The highest BCUT2D eigenvalue weighted by atomic mass is 16.5. The highest BCUT2D eigenvalue weighted by Gasteiger charge is 2.17. The Kier molecular flexibility index (Phi) is 5.14. The zero-order valence-corrected chi connectivity index (χ0v) is 17.3. The van der Waals surface area contributed by atoms with Crippen molar-refractivity contribution < 1.29 is 9.47 Å². The number of aryl methyl sites for hydroxylation is 2. The molecule has 30 heavy (non-hydrogen) atoms. The summed E-state index contributed by atoms with van der Waals surface area (Å²) in [5, 5.41) is 3.30. The van der Waals surface area contributed by atoms with Crippen LogP contribution in [0.5, 0.6) is 11.5 Å². The number of nitrogens with one attached hydrogen (secondary N) is 1. The predicted molar refractivity (Wildman–Crippen MR) is 116 cm³/mol. The predicted octanol–water partition coefficient (Wildman–Crippen LogP) is 3.25. The Morgan fingerprint density at radius 2 is 1.77 bits per heavy atom. The lowest BCUT2D eigenvalue weighted by atomic mass is 10.1. The van der Waals surface area contributed by atoms with Crippen molar-refractivity contribution in [1.29, 1.82) is 0 Å². The van der Waals surface area contributed by atoms with Gasteiger partial charge in [0.1, 0.15) is 5.52 Å². The van der Waals surface area contributed by atoms with Crippen LogP contribution in [0.1, 0.15) is 11.1 Å². The minimum Gasteiger partial charge on any atom is -0.493 e. The Balaban J connectivity index is 1.84. The van der Waals surface area contributed by atoms with Crippen LogP contribution in [0.15, 0.2) is 53.6 Å². The van der Waals surface area contributed by atoms with Crippen molar-refractivity contribution in [2.75, 3.05) is 19.5 Å². The molecular weight excluding hydrogens is 382 g/mol. The number of hydrogen-bond donors (Lipinski definition) is 1. The van der Waals surface area contributed by atoms with Crippen molar-refractivity contribution >= 4 is 22.7 Å². The van der Waals surface area contributed by atoms with E-state index in [0.717, 1.165) is 22.3 Å². The maximum atomic E-state index is 12.4. The molecule has 8 heteroatoms. The largest absolute Gasteiger partial charge is 0.493 e. The molecular formula is C22H23N5O3. The molecule has 0 aliphatic carbocycles. The summed E-state index contributed by atoms with van der Waals surface area (Å²) < 4.78 is 14.2. The first-order valence-corrected chi connectivity index (χ1v) is 9.47. The maximum absolute atomic E-state index is 12.4. The van der Waals surface area contributed by atoms with Crippen LogP contribution in [-0.2, 0) is 13.6 Å². The highest BCUT2D eigenvalue weighted by Crippen LogP contribution is 2.35. The van der Waals surface area contributed by atoms with Gasteiger partial charge in [-0.15, -0.1) is 0 Å². The van der Waals surface area contributed by atoms with Gasteiger partial charge in [0.15, 0.2) is 23.0 Å². The lowest BCUT2D eigenvalue weighted by Crippen LogP contribution is -2.22. The topological polar surface area (TPSA) is 83.2 Å². The second-order valence-corrected chi connectivity index (χ2v) is 6.98. The second kappa shape index (κ2) is 7.90. The molecule has 2 aromatic carbocycles. The number of aromatic nitrogens is 4. The SMILES string of the molecule is COc1cc(C)c(Nc2nc(=O)n(C)c3ncn(Cc4ccccc4)c23)cc1OC. The monoisotopic (exact) mass is 405 g/mol. The lowest BCUT2D eigenvalue weighted by Gasteiger charge is -2.15. The fourth-order valence-corrected chi connectivity index (χ4v) is 3.40. The Morgan fingerprint density at radius 1 is 1.07 bits per heavy atom. The van der Waals surface area contributed by atoms with Gasteiger partial charge in [-0.2, -0.15) is 4.98 Å². The molecule has 1 N–H and O–H groups in total. The molecule has 0 spiro atoms. The normalized spacial score (nSPS) is 10.9. The van der Waals surface area contributed by atoms with Crippen molar-refractivity contribution in [2.24, 2.45) is 7.05 Å². The summed E-state index contributed by atoms with van der Waals surface area (Å²) in [5.74, 6) is 1.66. The van der Waals surface area contributed by atoms with Crippen LogP contribution in [0, 0.1) is 6.92 Å². The van der Waals surface area contributed by atoms with Gasteiger partial charge in [-0.1, -0.05) is 30.3 Å². The van der Waals surface area contributed by atoms with Gasteiger partial charge in [0.05, 0.1) is 20.5 Å². The Bertz CT molecular complexity index is 1260. The van der Waals surface area contributed by atoms with E-state index in [1.165, 1.54) is 4.57 Å². The summed E-state index contributed by atoms with van der Waals surface area (Å²) in [6.45, 7) is 2.56. The summed E-state index contributed by atoms with van der Waals surface area (Å²) >= 11 is 0. The number of anilines is 2. The molecule has 0 bridgehead atoms. The Hall–Kier alpha value is -3.81. The van der Waals surface area contributed by atoms with Gasteiger partial charge in [-0.25, -0.2) is 9.78 Å². The molecule has 0 radical (unpaired) electrons. The van der Waals surface area contributed by atoms with Crippen LogP contribution in [0.4, 0.5) is 11.5 Å². The van der Waals surface area contributed by atoms with Crippen molar-refractivity contribution in [3.05, 3.63) is 70.4 Å². The zero-order chi connectivity index (χ0) is 21.3. The van der Waals surface area contributed by atoms with Gasteiger partial charge in [0.25, 0.3) is 0 Å². The zero-order valence-electron chi connectivity index (χ0n) is 17.3. The molecule has 8 nitrogen and oxygen atoms in total. The van der Waals surface area contributed by atoms with E-state index >= 15 is 0 Å². The van der Waals surface area contributed by atoms with E-state index in [2.05, 4.69) is 15.3 Å². The molecule has 0 fully saturated rings. The van der Waals surface area contributed by atoms with Crippen LogP contribution in [0.25, 0.3) is 11.2 Å². The summed E-state index contributed by atoms with van der Waals surface area (Å²) in [7, 11) is 4.85. The summed E-state index contributed by atoms with van der Waals surface area (Å²) in [5.41, 5.74) is 3.74. The van der Waals surface area contributed by atoms with E-state index in [4.69, 9.17) is 9.47 Å². The number of nitrogens with zero attached hydrogens (tertiary/aromatic N) is 4. The average Bonchev–Trinajstić information content (AvgIpc) is 3.17. The molecule has 0 amide bonds. The minimum absolute atomic E-state index is 0.381. The second-order valence-electron chi connectivity index (χ2n) is 6.98. The number of rotatable bonds is 6. The summed E-state index contributed by atoms with van der Waals surface area (Å²) in [6, 6.07) is 13.8. The first kappa shape index (κ1) is 19.5. The molecule has 4 aromatic rings. The molecule has 0 atom stereocenters.